The van der Waals surface area contributed by atoms with Crippen molar-refractivity contribution in [2.45, 2.75) is 47.1 Å². The lowest BCUT2D eigenvalue weighted by molar-refractivity contribution is -0.121. The van der Waals surface area contributed by atoms with Gasteiger partial charge in [0.05, 0.1) is 0 Å². The topological polar surface area (TPSA) is 78.9 Å². The summed E-state index contributed by atoms with van der Waals surface area (Å²) in [5, 5.41) is 9.25. The number of aromatic nitrogens is 2. The van der Waals surface area contributed by atoms with Gasteiger partial charge in [-0.15, -0.1) is 0 Å². The van der Waals surface area contributed by atoms with Crippen LogP contribution in [0.4, 0.5) is 11.6 Å². The van der Waals surface area contributed by atoms with E-state index >= 15 is 0 Å². The maximum atomic E-state index is 12.0. The van der Waals surface area contributed by atoms with Gasteiger partial charge in [0.15, 0.2) is 0 Å². The first-order chi connectivity index (χ1) is 9.92. The van der Waals surface area contributed by atoms with E-state index in [2.05, 4.69) is 46.7 Å². The third kappa shape index (κ3) is 6.42. The van der Waals surface area contributed by atoms with Crippen LogP contribution in [0.25, 0.3) is 0 Å². The van der Waals surface area contributed by atoms with Gasteiger partial charge in [0.1, 0.15) is 23.5 Å². The van der Waals surface area contributed by atoms with Crippen LogP contribution in [0.15, 0.2) is 6.07 Å². The van der Waals surface area contributed by atoms with Crippen LogP contribution >= 0.6 is 0 Å². The Kier molecular flexibility index (Phi) is 6.91. The molecule has 0 aliphatic rings. The van der Waals surface area contributed by atoms with Crippen molar-refractivity contribution in [3.8, 4) is 0 Å². The first-order valence-corrected chi connectivity index (χ1v) is 7.56. The fourth-order valence-corrected chi connectivity index (χ4v) is 1.73. The number of hydrogen-bond acceptors (Lipinski definition) is 5. The van der Waals surface area contributed by atoms with E-state index in [1.165, 1.54) is 0 Å². The summed E-state index contributed by atoms with van der Waals surface area (Å²) >= 11 is 0. The minimum Gasteiger partial charge on any atom is -0.370 e. The molecule has 0 radical (unpaired) electrons. The number of nitrogens with one attached hydrogen (secondary N) is 3. The predicted octanol–water partition coefficient (Wildman–Crippen LogP) is 2.18. The zero-order valence-electron chi connectivity index (χ0n) is 13.7. The molecule has 0 aromatic carbocycles. The van der Waals surface area contributed by atoms with Crippen LogP contribution in [0, 0.1) is 12.8 Å². The average Bonchev–Trinajstić information content (AvgIpc) is 2.41. The average molecular weight is 293 g/mol. The fourth-order valence-electron chi connectivity index (χ4n) is 1.73. The van der Waals surface area contributed by atoms with Gasteiger partial charge in [0, 0.05) is 19.2 Å². The summed E-state index contributed by atoms with van der Waals surface area (Å²) in [5.74, 6) is 2.53. The molecular weight excluding hydrogens is 266 g/mol. The summed E-state index contributed by atoms with van der Waals surface area (Å²) in [6, 6.07) is 1.49. The maximum Gasteiger partial charge on any atom is 0.242 e. The van der Waals surface area contributed by atoms with E-state index in [4.69, 9.17) is 0 Å². The highest BCUT2D eigenvalue weighted by atomic mass is 16.2. The predicted molar refractivity (Wildman–Crippen MR) is 86.5 cm³/mol. The Hall–Kier alpha value is -1.85. The summed E-state index contributed by atoms with van der Waals surface area (Å²) in [7, 11) is 0. The highest BCUT2D eigenvalue weighted by Gasteiger charge is 2.13. The third-order valence-corrected chi connectivity index (χ3v) is 2.84. The van der Waals surface area contributed by atoms with Gasteiger partial charge in [-0.3, -0.25) is 4.79 Å². The van der Waals surface area contributed by atoms with Gasteiger partial charge in [0.2, 0.25) is 5.91 Å². The molecule has 0 bridgehead atoms. The van der Waals surface area contributed by atoms with E-state index in [1.54, 1.807) is 0 Å². The van der Waals surface area contributed by atoms with Gasteiger partial charge < -0.3 is 16.0 Å². The van der Waals surface area contributed by atoms with E-state index in [0.29, 0.717) is 24.1 Å². The molecular formula is C15H27N5O. The molecule has 0 saturated carbocycles. The Balaban J connectivity index is 2.64. The first kappa shape index (κ1) is 17.2. The normalized spacial score (nSPS) is 12.1. The molecule has 0 fully saturated rings. The molecule has 0 spiro atoms. The van der Waals surface area contributed by atoms with Crippen LogP contribution in [0.3, 0.4) is 0 Å². The number of carbonyl (C=O) groups excluding carboxylic acids is 1. The Morgan fingerprint density at radius 3 is 2.52 bits per heavy atom. The lowest BCUT2D eigenvalue weighted by Gasteiger charge is -2.16. The summed E-state index contributed by atoms with van der Waals surface area (Å²) in [6.07, 6.45) is 1.03. The molecule has 21 heavy (non-hydrogen) atoms. The van der Waals surface area contributed by atoms with Crippen LogP contribution in [-0.4, -0.2) is 35.0 Å². The number of carbonyl (C=O) groups is 1. The monoisotopic (exact) mass is 293 g/mol. The smallest absolute Gasteiger partial charge is 0.242 e. The van der Waals surface area contributed by atoms with Gasteiger partial charge in [-0.2, -0.15) is 0 Å². The zero-order chi connectivity index (χ0) is 15.8. The zero-order valence-corrected chi connectivity index (χ0v) is 13.7. The van der Waals surface area contributed by atoms with Crippen molar-refractivity contribution < 1.29 is 4.79 Å². The van der Waals surface area contributed by atoms with Crippen LogP contribution in [-0.2, 0) is 4.79 Å². The van der Waals surface area contributed by atoms with Gasteiger partial charge in [-0.1, -0.05) is 20.8 Å². The minimum atomic E-state index is -0.336. The summed E-state index contributed by atoms with van der Waals surface area (Å²) in [5.41, 5.74) is 0. The molecule has 118 valence electrons. The lowest BCUT2D eigenvalue weighted by Crippen LogP contribution is -2.39. The molecule has 1 unspecified atom stereocenters. The number of anilines is 2. The van der Waals surface area contributed by atoms with Crippen molar-refractivity contribution in [2.24, 2.45) is 5.92 Å². The molecule has 0 saturated heterocycles. The highest BCUT2D eigenvalue weighted by Crippen LogP contribution is 2.12. The Labute approximate surface area is 127 Å². The Morgan fingerprint density at radius 2 is 1.90 bits per heavy atom. The van der Waals surface area contributed by atoms with Gasteiger partial charge in [-0.25, -0.2) is 9.97 Å². The minimum absolute atomic E-state index is 0.0250. The molecule has 1 aromatic rings. The molecule has 1 atom stereocenters. The van der Waals surface area contributed by atoms with E-state index in [-0.39, 0.29) is 11.9 Å². The van der Waals surface area contributed by atoms with Crippen molar-refractivity contribution in [1.29, 1.82) is 0 Å². The summed E-state index contributed by atoms with van der Waals surface area (Å²) in [6.45, 7) is 11.4. The number of hydrogen-bond donors (Lipinski definition) is 3. The quantitative estimate of drug-likeness (QED) is 0.684. The second kappa shape index (κ2) is 8.44. The molecule has 0 aliphatic heterocycles. The summed E-state index contributed by atoms with van der Waals surface area (Å²) in [4.78, 5) is 20.6. The molecule has 6 heteroatoms. The first-order valence-electron chi connectivity index (χ1n) is 7.56. The molecule has 1 aromatic heterocycles. The SMILES string of the molecule is CCCNc1cc(NC(C)C(=O)NCC(C)C)nc(C)n1. The second-order valence-corrected chi connectivity index (χ2v) is 5.62. The maximum absolute atomic E-state index is 12.0. The van der Waals surface area contributed by atoms with Crippen molar-refractivity contribution >= 4 is 17.5 Å². The van der Waals surface area contributed by atoms with Crippen LogP contribution in [0.5, 0.6) is 0 Å². The standard InChI is InChI=1S/C15H27N5O/c1-6-7-16-13-8-14(20-12(5)19-13)18-11(4)15(21)17-9-10(2)3/h8,10-11H,6-7,9H2,1-5H3,(H,17,21)(H2,16,18,19,20). The third-order valence-electron chi connectivity index (χ3n) is 2.84. The lowest BCUT2D eigenvalue weighted by atomic mass is 10.2. The largest absolute Gasteiger partial charge is 0.370 e. The Bertz CT molecular complexity index is 461. The molecule has 3 N–H and O–H groups in total. The van der Waals surface area contributed by atoms with E-state index < -0.39 is 0 Å². The molecule has 0 aliphatic carbocycles. The van der Waals surface area contributed by atoms with E-state index in [9.17, 15) is 4.79 Å². The van der Waals surface area contributed by atoms with Crippen LogP contribution < -0.4 is 16.0 Å². The summed E-state index contributed by atoms with van der Waals surface area (Å²) < 4.78 is 0. The number of aryl methyl sites for hydroxylation is 1. The van der Waals surface area contributed by atoms with E-state index in [0.717, 1.165) is 18.8 Å². The number of rotatable bonds is 8. The molecule has 6 nitrogen and oxygen atoms in total. The van der Waals surface area contributed by atoms with Gasteiger partial charge >= 0.3 is 0 Å². The van der Waals surface area contributed by atoms with Gasteiger partial charge in [0.25, 0.3) is 0 Å². The van der Waals surface area contributed by atoms with Crippen molar-refractivity contribution in [2.75, 3.05) is 23.7 Å². The van der Waals surface area contributed by atoms with Crippen molar-refractivity contribution in [3.63, 3.8) is 0 Å². The number of amides is 1. The molecule has 1 amide bonds. The van der Waals surface area contributed by atoms with Crippen LogP contribution in [0.1, 0.15) is 39.9 Å². The van der Waals surface area contributed by atoms with E-state index in [1.807, 2.05) is 19.9 Å². The second-order valence-electron chi connectivity index (χ2n) is 5.62. The molecule has 1 rings (SSSR count). The van der Waals surface area contributed by atoms with Crippen molar-refractivity contribution in [3.05, 3.63) is 11.9 Å². The van der Waals surface area contributed by atoms with Crippen LogP contribution in [0.2, 0.25) is 0 Å². The Morgan fingerprint density at radius 1 is 1.24 bits per heavy atom. The fraction of sp³-hybridized carbons (Fsp3) is 0.667. The highest BCUT2D eigenvalue weighted by molar-refractivity contribution is 5.83. The number of nitrogens with zero attached hydrogens (tertiary/aromatic N) is 2. The van der Waals surface area contributed by atoms with Gasteiger partial charge in [-0.05, 0) is 26.2 Å². The molecule has 1 heterocycles. The van der Waals surface area contributed by atoms with Crippen molar-refractivity contribution in [1.82, 2.24) is 15.3 Å².